The second-order valence-corrected chi connectivity index (χ2v) is 12.0. The maximum absolute atomic E-state index is 13.4. The number of benzene rings is 3. The van der Waals surface area contributed by atoms with E-state index in [0.717, 1.165) is 50.9 Å². The minimum Gasteiger partial charge on any atom is -0.451 e. The number of anilines is 1. The third-order valence-electron chi connectivity index (χ3n) is 8.50. The van der Waals surface area contributed by atoms with Crippen LogP contribution >= 0.6 is 11.6 Å². The molecule has 2 aliphatic rings. The van der Waals surface area contributed by atoms with Crippen LogP contribution in [0.5, 0.6) is 0 Å². The van der Waals surface area contributed by atoms with E-state index in [-0.39, 0.29) is 23.1 Å². The largest absolute Gasteiger partial charge is 0.451 e. The summed E-state index contributed by atoms with van der Waals surface area (Å²) >= 11 is 6.12. The highest BCUT2D eigenvalue weighted by atomic mass is 35.5. The van der Waals surface area contributed by atoms with Crippen LogP contribution in [0.3, 0.4) is 0 Å². The van der Waals surface area contributed by atoms with Crippen molar-refractivity contribution < 1.29 is 14.0 Å². The monoisotopic (exact) mass is 609 g/mol. The Morgan fingerprint density at radius 1 is 0.909 bits per heavy atom. The number of fused-ring (bicyclic) bond motifs is 1. The van der Waals surface area contributed by atoms with Gasteiger partial charge in [0.1, 0.15) is 5.58 Å². The number of piperidine rings is 2. The molecule has 2 fully saturated rings. The van der Waals surface area contributed by atoms with Crippen molar-refractivity contribution in [3.05, 3.63) is 123 Å². The highest BCUT2D eigenvalue weighted by Gasteiger charge is 2.23. The Balaban J connectivity index is 1.18. The van der Waals surface area contributed by atoms with Crippen LogP contribution in [0.4, 0.5) is 5.69 Å². The fourth-order valence-corrected chi connectivity index (χ4v) is 6.28. The van der Waals surface area contributed by atoms with Gasteiger partial charge in [-0.3, -0.25) is 14.4 Å². The number of rotatable bonds is 8. The molecule has 0 spiro atoms. The van der Waals surface area contributed by atoms with Gasteiger partial charge in [0.15, 0.2) is 11.2 Å². The molecule has 1 aromatic heterocycles. The fraction of sp³-hybridized carbons (Fsp3) is 0.306. The molecule has 44 heavy (non-hydrogen) atoms. The van der Waals surface area contributed by atoms with Crippen molar-refractivity contribution in [3.8, 4) is 0 Å². The Labute approximate surface area is 262 Å². The van der Waals surface area contributed by atoms with Gasteiger partial charge < -0.3 is 19.5 Å². The molecule has 7 nitrogen and oxygen atoms in total. The van der Waals surface area contributed by atoms with Crippen molar-refractivity contribution >= 4 is 40.1 Å². The van der Waals surface area contributed by atoms with Gasteiger partial charge in [-0.1, -0.05) is 65.7 Å². The minimum atomic E-state index is -0.428. The molecule has 0 bridgehead atoms. The third-order valence-corrected chi connectivity index (χ3v) is 8.75. The van der Waals surface area contributed by atoms with Gasteiger partial charge in [-0.15, -0.1) is 0 Å². The molecule has 3 heterocycles. The summed E-state index contributed by atoms with van der Waals surface area (Å²) in [7, 11) is 0. The van der Waals surface area contributed by atoms with Crippen LogP contribution < -0.4 is 15.6 Å². The summed E-state index contributed by atoms with van der Waals surface area (Å²) in [6.45, 7) is 3.16. The quantitative estimate of drug-likeness (QED) is 0.230. The lowest BCUT2D eigenvalue weighted by atomic mass is 9.97. The zero-order valence-electron chi connectivity index (χ0n) is 24.6. The van der Waals surface area contributed by atoms with Gasteiger partial charge in [0, 0.05) is 49.4 Å². The van der Waals surface area contributed by atoms with Gasteiger partial charge in [-0.25, -0.2) is 0 Å². The number of amides is 2. The van der Waals surface area contributed by atoms with Gasteiger partial charge >= 0.3 is 0 Å². The molecule has 4 aromatic rings. The average molecular weight is 610 g/mol. The van der Waals surface area contributed by atoms with Crippen LogP contribution in [0.1, 0.15) is 53.8 Å². The molecule has 0 radical (unpaired) electrons. The molecule has 8 heteroatoms. The summed E-state index contributed by atoms with van der Waals surface area (Å²) in [6, 6.07) is 23.9. The van der Waals surface area contributed by atoms with Gasteiger partial charge in [0.2, 0.25) is 5.91 Å². The van der Waals surface area contributed by atoms with Crippen molar-refractivity contribution in [1.82, 2.24) is 10.2 Å². The standard InChI is InChI=1S/C36H36ClN3O4/c37-28-14-12-25(13-15-28)21-29(38-36(43)34-23-32(41)30-8-2-4-10-33(30)44-34)22-26-16-19-39(20-17-26)31-9-3-1-7-27(31)24-40-18-6-5-11-35(40)42/h1-4,7-10,12-15,22-23,29H,5-6,11,16-21,24H2,(H,38,43)/t29-/m1/s1. The molecular weight excluding hydrogens is 574 g/mol. The van der Waals surface area contributed by atoms with E-state index in [1.54, 1.807) is 24.3 Å². The number of carbonyl (C=O) groups excluding carboxylic acids is 2. The zero-order valence-corrected chi connectivity index (χ0v) is 25.4. The van der Waals surface area contributed by atoms with Crippen LogP contribution in [0, 0.1) is 0 Å². The molecule has 0 saturated carbocycles. The van der Waals surface area contributed by atoms with Crippen LogP contribution in [0.2, 0.25) is 5.02 Å². The number of nitrogens with one attached hydrogen (secondary N) is 1. The van der Waals surface area contributed by atoms with Crippen LogP contribution in [-0.2, 0) is 17.8 Å². The number of carbonyl (C=O) groups is 2. The number of hydrogen-bond donors (Lipinski definition) is 1. The topological polar surface area (TPSA) is 82.9 Å². The van der Waals surface area contributed by atoms with E-state index in [1.807, 2.05) is 35.2 Å². The summed E-state index contributed by atoms with van der Waals surface area (Å²) in [5.74, 6) is -0.194. The Morgan fingerprint density at radius 3 is 2.45 bits per heavy atom. The summed E-state index contributed by atoms with van der Waals surface area (Å²) in [6.07, 6.45) is 7.12. The number of hydrogen-bond acceptors (Lipinski definition) is 5. The first-order valence-corrected chi connectivity index (χ1v) is 15.7. The molecule has 2 saturated heterocycles. The average Bonchev–Trinajstić information content (AvgIpc) is 3.04. The summed E-state index contributed by atoms with van der Waals surface area (Å²) in [5, 5.41) is 4.20. The number of likely N-dealkylation sites (tertiary alicyclic amines) is 1. The maximum atomic E-state index is 13.4. The van der Waals surface area contributed by atoms with E-state index in [4.69, 9.17) is 16.0 Å². The lowest BCUT2D eigenvalue weighted by Crippen LogP contribution is -2.37. The van der Waals surface area contributed by atoms with E-state index in [1.165, 1.54) is 22.9 Å². The van der Waals surface area contributed by atoms with Crippen molar-refractivity contribution in [2.75, 3.05) is 24.5 Å². The van der Waals surface area contributed by atoms with Gasteiger partial charge in [0.25, 0.3) is 5.91 Å². The molecule has 0 aliphatic carbocycles. The molecule has 1 atom stereocenters. The first-order chi connectivity index (χ1) is 21.4. The molecular formula is C36H36ClN3O4. The zero-order chi connectivity index (χ0) is 30.5. The molecule has 226 valence electrons. The number of halogens is 1. The SMILES string of the molecule is O=C(N[C@@H](C=C1CCN(c2ccccc2CN2CCCCC2=O)CC1)Cc1ccc(Cl)cc1)c1cc(=O)c2ccccc2o1. The summed E-state index contributed by atoms with van der Waals surface area (Å²) < 4.78 is 5.82. The first-order valence-electron chi connectivity index (χ1n) is 15.3. The van der Waals surface area contributed by atoms with E-state index in [0.29, 0.717) is 35.4 Å². The summed E-state index contributed by atoms with van der Waals surface area (Å²) in [5.41, 5.74) is 4.80. The summed E-state index contributed by atoms with van der Waals surface area (Å²) in [4.78, 5) is 42.9. The predicted octanol–water partition coefficient (Wildman–Crippen LogP) is 6.53. The Bertz CT molecular complexity index is 1740. The molecule has 6 rings (SSSR count). The number of nitrogens with zero attached hydrogens (tertiary/aromatic N) is 2. The van der Waals surface area contributed by atoms with Crippen molar-refractivity contribution in [2.45, 2.75) is 51.1 Å². The van der Waals surface area contributed by atoms with Crippen LogP contribution in [0.25, 0.3) is 11.0 Å². The maximum Gasteiger partial charge on any atom is 0.287 e. The molecule has 2 amide bonds. The lowest BCUT2D eigenvalue weighted by Gasteiger charge is -2.34. The molecule has 2 aliphatic heterocycles. The Hall–Kier alpha value is -4.36. The minimum absolute atomic E-state index is 0.00757. The molecule has 3 aromatic carbocycles. The highest BCUT2D eigenvalue weighted by Crippen LogP contribution is 2.28. The second-order valence-electron chi connectivity index (χ2n) is 11.6. The van der Waals surface area contributed by atoms with E-state index < -0.39 is 5.91 Å². The Kier molecular flexibility index (Phi) is 9.12. The third kappa shape index (κ3) is 7.05. The van der Waals surface area contributed by atoms with Gasteiger partial charge in [-0.2, -0.15) is 0 Å². The Morgan fingerprint density at radius 2 is 1.66 bits per heavy atom. The predicted molar refractivity (Wildman–Crippen MR) is 174 cm³/mol. The van der Waals surface area contributed by atoms with Crippen molar-refractivity contribution in [3.63, 3.8) is 0 Å². The normalized spacial score (nSPS) is 16.2. The van der Waals surface area contributed by atoms with Gasteiger partial charge in [-0.05, 0) is 73.6 Å². The van der Waals surface area contributed by atoms with Gasteiger partial charge in [0.05, 0.1) is 11.4 Å². The highest BCUT2D eigenvalue weighted by molar-refractivity contribution is 6.30. The number of para-hydroxylation sites is 2. The van der Waals surface area contributed by atoms with Crippen LogP contribution in [0.15, 0.2) is 99.7 Å². The first kappa shape index (κ1) is 29.7. The van der Waals surface area contributed by atoms with E-state index in [9.17, 15) is 14.4 Å². The fourth-order valence-electron chi connectivity index (χ4n) is 6.16. The molecule has 0 unspecified atom stereocenters. The lowest BCUT2D eigenvalue weighted by molar-refractivity contribution is -0.133. The van der Waals surface area contributed by atoms with E-state index >= 15 is 0 Å². The smallest absolute Gasteiger partial charge is 0.287 e. The van der Waals surface area contributed by atoms with Crippen molar-refractivity contribution in [2.24, 2.45) is 0 Å². The van der Waals surface area contributed by atoms with E-state index in [2.05, 4.69) is 34.5 Å². The van der Waals surface area contributed by atoms with Crippen molar-refractivity contribution in [1.29, 1.82) is 0 Å². The molecule has 1 N–H and O–H groups in total. The van der Waals surface area contributed by atoms with Crippen LogP contribution in [-0.4, -0.2) is 42.4 Å². The second kappa shape index (κ2) is 13.5.